The molecule has 0 radical (unpaired) electrons. The maximum Gasteiger partial charge on any atom is 0.164 e. The highest BCUT2D eigenvalue weighted by Crippen LogP contribution is 2.39. The maximum absolute atomic E-state index is 12.7. The number of carbonyl (C=O) groups excluding carboxylic acids is 1. The number of Topliss-reactive ketones (excluding diaryl/α,β-unsaturated/α-hetero) is 1. The number of nitrogens with zero attached hydrogens (tertiary/aromatic N) is 2. The Bertz CT molecular complexity index is 963. The summed E-state index contributed by atoms with van der Waals surface area (Å²) in [5.74, 6) is 0.815. The summed E-state index contributed by atoms with van der Waals surface area (Å²) in [7, 11) is 0. The van der Waals surface area contributed by atoms with E-state index in [-0.39, 0.29) is 5.78 Å². The molecule has 2 aromatic carbocycles. The molecule has 0 aliphatic carbocycles. The lowest BCUT2D eigenvalue weighted by atomic mass is 9.93. The average Bonchev–Trinajstić information content (AvgIpc) is 2.68. The fourth-order valence-electron chi connectivity index (χ4n) is 3.81. The number of rotatable bonds is 3. The molecule has 0 spiro atoms. The van der Waals surface area contributed by atoms with Crippen LogP contribution in [0.1, 0.15) is 36.5 Å². The smallest absolute Gasteiger partial charge is 0.164 e. The number of ketones is 1. The van der Waals surface area contributed by atoms with Crippen LogP contribution in [0, 0.1) is 0 Å². The Morgan fingerprint density at radius 2 is 1.73 bits per heavy atom. The molecule has 3 aromatic rings. The molecule has 1 fully saturated rings. The van der Waals surface area contributed by atoms with Gasteiger partial charge in [-0.3, -0.25) is 4.79 Å². The molecule has 1 aromatic heterocycles. The Balaban J connectivity index is 2.09. The molecular weight excluding hydrogens is 344 g/mol. The van der Waals surface area contributed by atoms with Crippen LogP contribution in [0.25, 0.3) is 22.0 Å². The van der Waals surface area contributed by atoms with Gasteiger partial charge in [0.2, 0.25) is 0 Å². The minimum Gasteiger partial charge on any atom is -0.356 e. The first-order valence-corrected chi connectivity index (χ1v) is 9.48. The molecule has 4 rings (SSSR count). The summed E-state index contributed by atoms with van der Waals surface area (Å²) in [6.07, 6.45) is 3.48. The Morgan fingerprint density at radius 3 is 2.42 bits per heavy atom. The van der Waals surface area contributed by atoms with E-state index in [1.54, 1.807) is 6.92 Å². The summed E-state index contributed by atoms with van der Waals surface area (Å²) < 4.78 is 0. The van der Waals surface area contributed by atoms with E-state index in [1.165, 1.54) is 6.42 Å². The summed E-state index contributed by atoms with van der Waals surface area (Å²) in [6.45, 7) is 3.49. The first-order chi connectivity index (χ1) is 12.7. The molecule has 0 amide bonds. The third-order valence-electron chi connectivity index (χ3n) is 5.02. The zero-order valence-corrected chi connectivity index (χ0v) is 15.6. The van der Waals surface area contributed by atoms with E-state index >= 15 is 0 Å². The quantitative estimate of drug-likeness (QED) is 0.555. The number of benzene rings is 2. The van der Waals surface area contributed by atoms with Crippen LogP contribution >= 0.6 is 11.6 Å². The Labute approximate surface area is 158 Å². The van der Waals surface area contributed by atoms with E-state index in [4.69, 9.17) is 16.6 Å². The minimum atomic E-state index is 0.0406. The van der Waals surface area contributed by atoms with Gasteiger partial charge in [0.15, 0.2) is 5.78 Å². The number of halogens is 1. The Kier molecular flexibility index (Phi) is 4.64. The molecule has 4 heteroatoms. The molecule has 1 aliphatic rings. The molecule has 0 atom stereocenters. The van der Waals surface area contributed by atoms with Crippen LogP contribution in [0.3, 0.4) is 0 Å². The summed E-state index contributed by atoms with van der Waals surface area (Å²) in [4.78, 5) is 19.9. The third kappa shape index (κ3) is 2.97. The second-order valence-electron chi connectivity index (χ2n) is 6.79. The van der Waals surface area contributed by atoms with Gasteiger partial charge in [0.1, 0.15) is 5.82 Å². The predicted molar refractivity (Wildman–Crippen MR) is 108 cm³/mol. The molecule has 1 saturated heterocycles. The molecular formula is C22H21ClN2O. The van der Waals surface area contributed by atoms with Gasteiger partial charge in [-0.25, -0.2) is 4.98 Å². The first kappa shape index (κ1) is 17.0. The van der Waals surface area contributed by atoms with Crippen molar-refractivity contribution in [2.75, 3.05) is 18.0 Å². The van der Waals surface area contributed by atoms with Crippen LogP contribution in [0.15, 0.2) is 48.5 Å². The summed E-state index contributed by atoms with van der Waals surface area (Å²) in [5.41, 5.74) is 3.42. The zero-order chi connectivity index (χ0) is 18.1. The van der Waals surface area contributed by atoms with Crippen LogP contribution in [0.4, 0.5) is 5.82 Å². The van der Waals surface area contributed by atoms with Gasteiger partial charge in [-0.05, 0) is 37.8 Å². The molecule has 0 unspecified atom stereocenters. The van der Waals surface area contributed by atoms with Crippen molar-refractivity contribution in [3.8, 4) is 11.1 Å². The number of piperidine rings is 1. The standard InChI is InChI=1S/C22H21ClN2O/c1-15(26)19-20(16-9-4-2-5-10-16)17-11-8-12-18(23)21(17)24-22(19)25-13-6-3-7-14-25/h2,4-5,8-12H,3,6-7,13-14H2,1H3. The van der Waals surface area contributed by atoms with Gasteiger partial charge in [-0.1, -0.05) is 54.1 Å². The van der Waals surface area contributed by atoms with Crippen molar-refractivity contribution in [3.63, 3.8) is 0 Å². The van der Waals surface area contributed by atoms with Gasteiger partial charge in [0.25, 0.3) is 0 Å². The predicted octanol–water partition coefficient (Wildman–Crippen LogP) is 5.75. The van der Waals surface area contributed by atoms with Crippen LogP contribution in [0.2, 0.25) is 5.02 Å². The van der Waals surface area contributed by atoms with Crippen LogP contribution in [-0.2, 0) is 0 Å². The van der Waals surface area contributed by atoms with E-state index < -0.39 is 0 Å². The van der Waals surface area contributed by atoms with Crippen LogP contribution < -0.4 is 4.90 Å². The fourth-order valence-corrected chi connectivity index (χ4v) is 4.03. The highest BCUT2D eigenvalue weighted by atomic mass is 35.5. The molecule has 0 saturated carbocycles. The van der Waals surface area contributed by atoms with Crippen molar-refractivity contribution in [2.24, 2.45) is 0 Å². The second kappa shape index (κ2) is 7.08. The number of para-hydroxylation sites is 1. The molecule has 2 heterocycles. The third-order valence-corrected chi connectivity index (χ3v) is 5.32. The SMILES string of the molecule is CC(=O)c1c(N2CCCCC2)nc2c(Cl)cccc2c1-c1ccccc1. The second-order valence-corrected chi connectivity index (χ2v) is 7.20. The number of anilines is 1. The number of carbonyl (C=O) groups is 1. The lowest BCUT2D eigenvalue weighted by Crippen LogP contribution is -2.31. The number of pyridine rings is 1. The number of fused-ring (bicyclic) bond motifs is 1. The summed E-state index contributed by atoms with van der Waals surface area (Å²) in [5, 5.41) is 1.54. The zero-order valence-electron chi connectivity index (χ0n) is 14.8. The molecule has 1 aliphatic heterocycles. The van der Waals surface area contributed by atoms with Crippen molar-refractivity contribution in [2.45, 2.75) is 26.2 Å². The molecule has 3 nitrogen and oxygen atoms in total. The largest absolute Gasteiger partial charge is 0.356 e. The summed E-state index contributed by atoms with van der Waals surface area (Å²) >= 11 is 6.49. The van der Waals surface area contributed by atoms with E-state index in [9.17, 15) is 4.79 Å². The monoisotopic (exact) mass is 364 g/mol. The van der Waals surface area contributed by atoms with Crippen LogP contribution in [0.5, 0.6) is 0 Å². The van der Waals surface area contributed by atoms with Gasteiger partial charge in [0, 0.05) is 24.0 Å². The highest BCUT2D eigenvalue weighted by Gasteiger charge is 2.25. The molecule has 0 bridgehead atoms. The molecule has 26 heavy (non-hydrogen) atoms. The van der Waals surface area contributed by atoms with E-state index in [2.05, 4.69) is 4.90 Å². The van der Waals surface area contributed by atoms with E-state index in [0.29, 0.717) is 10.6 Å². The normalized spacial score (nSPS) is 14.6. The highest BCUT2D eigenvalue weighted by molar-refractivity contribution is 6.35. The lowest BCUT2D eigenvalue weighted by Gasteiger charge is -2.30. The number of aromatic nitrogens is 1. The topological polar surface area (TPSA) is 33.2 Å². The van der Waals surface area contributed by atoms with E-state index in [0.717, 1.165) is 53.8 Å². The fraction of sp³-hybridized carbons (Fsp3) is 0.273. The van der Waals surface area contributed by atoms with Gasteiger partial charge >= 0.3 is 0 Å². The van der Waals surface area contributed by atoms with E-state index in [1.807, 2.05) is 48.5 Å². The Hall–Kier alpha value is -2.39. The first-order valence-electron chi connectivity index (χ1n) is 9.10. The molecule has 0 N–H and O–H groups in total. The molecule has 132 valence electrons. The van der Waals surface area contributed by atoms with Crippen molar-refractivity contribution in [1.29, 1.82) is 0 Å². The van der Waals surface area contributed by atoms with Crippen molar-refractivity contribution >= 4 is 34.1 Å². The summed E-state index contributed by atoms with van der Waals surface area (Å²) in [6, 6.07) is 15.8. The van der Waals surface area contributed by atoms with Gasteiger partial charge in [-0.2, -0.15) is 0 Å². The van der Waals surface area contributed by atoms with Gasteiger partial charge in [0.05, 0.1) is 16.1 Å². The number of hydrogen-bond acceptors (Lipinski definition) is 3. The van der Waals surface area contributed by atoms with Crippen LogP contribution in [-0.4, -0.2) is 23.9 Å². The number of hydrogen-bond donors (Lipinski definition) is 0. The lowest BCUT2D eigenvalue weighted by molar-refractivity contribution is 0.101. The van der Waals surface area contributed by atoms with Gasteiger partial charge < -0.3 is 4.90 Å². The van der Waals surface area contributed by atoms with Crippen molar-refractivity contribution in [1.82, 2.24) is 4.98 Å². The van der Waals surface area contributed by atoms with Gasteiger partial charge in [-0.15, -0.1) is 0 Å². The Morgan fingerprint density at radius 1 is 1.00 bits per heavy atom. The van der Waals surface area contributed by atoms with Crippen molar-refractivity contribution < 1.29 is 4.79 Å². The minimum absolute atomic E-state index is 0.0406. The van der Waals surface area contributed by atoms with Crippen molar-refractivity contribution in [3.05, 3.63) is 59.1 Å². The average molecular weight is 365 g/mol. The maximum atomic E-state index is 12.7.